The molecule has 1 aliphatic rings. The minimum Gasteiger partial charge on any atom is -0.382 e. The van der Waals surface area contributed by atoms with Crippen molar-refractivity contribution in [3.63, 3.8) is 0 Å². The van der Waals surface area contributed by atoms with Gasteiger partial charge in [0, 0.05) is 6.42 Å². The highest BCUT2D eigenvalue weighted by molar-refractivity contribution is 5.13. The van der Waals surface area contributed by atoms with E-state index in [-0.39, 0.29) is 18.4 Å². The molecular weight excluding hydrogens is 126 g/mol. The Morgan fingerprint density at radius 2 is 2.22 bits per heavy atom. The summed E-state index contributed by atoms with van der Waals surface area (Å²) < 4.78 is 24.6. The second kappa shape index (κ2) is 1.77. The summed E-state index contributed by atoms with van der Waals surface area (Å²) in [7, 11) is 0. The molecular formula is C6H8F2O. The highest BCUT2D eigenvalue weighted by atomic mass is 19.3. The highest BCUT2D eigenvalue weighted by Crippen LogP contribution is 2.37. The van der Waals surface area contributed by atoms with Gasteiger partial charge in [-0.1, -0.05) is 6.58 Å². The van der Waals surface area contributed by atoms with Crippen molar-refractivity contribution in [2.75, 3.05) is 0 Å². The van der Waals surface area contributed by atoms with E-state index < -0.39 is 12.0 Å². The summed E-state index contributed by atoms with van der Waals surface area (Å²) in [5.41, 5.74) is 0.250. The Bertz CT molecular complexity index is 142. The molecule has 0 radical (unpaired) electrons. The summed E-state index contributed by atoms with van der Waals surface area (Å²) >= 11 is 0. The third-order valence-corrected chi connectivity index (χ3v) is 1.57. The first-order valence-corrected chi connectivity index (χ1v) is 2.77. The molecule has 1 fully saturated rings. The SMILES string of the molecule is C=C1CCC(F)(F)C1O. The van der Waals surface area contributed by atoms with Crippen LogP contribution in [0.3, 0.4) is 0 Å². The molecule has 0 aliphatic heterocycles. The summed E-state index contributed by atoms with van der Waals surface area (Å²) in [5, 5.41) is 8.68. The molecule has 0 aromatic carbocycles. The van der Waals surface area contributed by atoms with Gasteiger partial charge < -0.3 is 5.11 Å². The van der Waals surface area contributed by atoms with Crippen LogP contribution in [-0.4, -0.2) is 17.1 Å². The molecule has 0 aromatic heterocycles. The van der Waals surface area contributed by atoms with Crippen molar-refractivity contribution in [3.8, 4) is 0 Å². The fourth-order valence-electron chi connectivity index (χ4n) is 0.899. The van der Waals surface area contributed by atoms with Crippen molar-refractivity contribution in [1.29, 1.82) is 0 Å². The molecule has 1 rings (SSSR count). The summed E-state index contributed by atoms with van der Waals surface area (Å²) in [6.07, 6.45) is -1.61. The van der Waals surface area contributed by atoms with Crippen LogP contribution < -0.4 is 0 Å². The maximum atomic E-state index is 12.3. The number of alkyl halides is 2. The predicted octanol–water partition coefficient (Wildman–Crippen LogP) is 1.33. The average molecular weight is 134 g/mol. The minimum atomic E-state index is -2.92. The van der Waals surface area contributed by atoms with Crippen LogP contribution in [0.1, 0.15) is 12.8 Å². The average Bonchev–Trinajstić information content (AvgIpc) is 1.97. The van der Waals surface area contributed by atoms with Crippen LogP contribution in [0.25, 0.3) is 0 Å². The molecule has 1 nitrogen and oxygen atoms in total. The monoisotopic (exact) mass is 134 g/mol. The van der Waals surface area contributed by atoms with Crippen LogP contribution in [0.5, 0.6) is 0 Å². The van der Waals surface area contributed by atoms with E-state index in [0.29, 0.717) is 0 Å². The number of hydrogen-bond acceptors (Lipinski definition) is 1. The molecule has 1 saturated carbocycles. The van der Waals surface area contributed by atoms with Crippen LogP contribution >= 0.6 is 0 Å². The van der Waals surface area contributed by atoms with Crippen molar-refractivity contribution in [2.45, 2.75) is 24.9 Å². The normalized spacial score (nSPS) is 33.2. The lowest BCUT2D eigenvalue weighted by atomic mass is 10.2. The number of halogens is 2. The van der Waals surface area contributed by atoms with E-state index in [0.717, 1.165) is 0 Å². The largest absolute Gasteiger partial charge is 0.382 e. The molecule has 1 atom stereocenters. The van der Waals surface area contributed by atoms with E-state index in [1.54, 1.807) is 0 Å². The van der Waals surface area contributed by atoms with Crippen molar-refractivity contribution in [2.24, 2.45) is 0 Å². The van der Waals surface area contributed by atoms with Gasteiger partial charge in [-0.2, -0.15) is 0 Å². The topological polar surface area (TPSA) is 20.2 Å². The van der Waals surface area contributed by atoms with Crippen molar-refractivity contribution in [3.05, 3.63) is 12.2 Å². The van der Waals surface area contributed by atoms with Crippen LogP contribution in [0, 0.1) is 0 Å². The van der Waals surface area contributed by atoms with Gasteiger partial charge in [0.1, 0.15) is 6.10 Å². The third kappa shape index (κ3) is 0.965. The summed E-state index contributed by atoms with van der Waals surface area (Å²) in [4.78, 5) is 0. The Morgan fingerprint density at radius 1 is 1.67 bits per heavy atom. The number of hydrogen-bond donors (Lipinski definition) is 1. The van der Waals surface area contributed by atoms with Crippen LogP contribution in [0.15, 0.2) is 12.2 Å². The first-order valence-electron chi connectivity index (χ1n) is 2.77. The molecule has 0 bridgehead atoms. The van der Waals surface area contributed by atoms with Gasteiger partial charge in [-0.05, 0) is 12.0 Å². The third-order valence-electron chi connectivity index (χ3n) is 1.57. The van der Waals surface area contributed by atoms with Gasteiger partial charge in [0.15, 0.2) is 0 Å². The van der Waals surface area contributed by atoms with Crippen LogP contribution in [0.4, 0.5) is 8.78 Å². The fourth-order valence-corrected chi connectivity index (χ4v) is 0.899. The lowest BCUT2D eigenvalue weighted by Gasteiger charge is -2.12. The zero-order chi connectivity index (χ0) is 7.07. The van der Waals surface area contributed by atoms with E-state index >= 15 is 0 Å². The molecule has 0 heterocycles. The van der Waals surface area contributed by atoms with Crippen molar-refractivity contribution >= 4 is 0 Å². The number of aliphatic hydroxyl groups is 1. The Labute approximate surface area is 52.0 Å². The first-order chi connectivity index (χ1) is 4.04. The number of rotatable bonds is 0. The second-order valence-electron chi connectivity index (χ2n) is 2.32. The van der Waals surface area contributed by atoms with Gasteiger partial charge in [0.2, 0.25) is 0 Å². The molecule has 3 heteroatoms. The predicted molar refractivity (Wildman–Crippen MR) is 29.3 cm³/mol. The van der Waals surface area contributed by atoms with E-state index in [1.807, 2.05) is 0 Å². The quantitative estimate of drug-likeness (QED) is 0.495. The van der Waals surface area contributed by atoms with E-state index in [2.05, 4.69) is 6.58 Å². The van der Waals surface area contributed by atoms with Crippen molar-refractivity contribution < 1.29 is 13.9 Å². The maximum Gasteiger partial charge on any atom is 0.277 e. The molecule has 0 amide bonds. The molecule has 52 valence electrons. The maximum absolute atomic E-state index is 12.3. The van der Waals surface area contributed by atoms with Crippen LogP contribution in [-0.2, 0) is 0 Å². The van der Waals surface area contributed by atoms with Gasteiger partial charge >= 0.3 is 0 Å². The molecule has 9 heavy (non-hydrogen) atoms. The molecule has 0 aromatic rings. The summed E-state index contributed by atoms with van der Waals surface area (Å²) in [6.45, 7) is 3.30. The molecule has 0 spiro atoms. The standard InChI is InChI=1S/C6H8F2O/c1-4-2-3-6(7,8)5(4)9/h5,9H,1-3H2. The van der Waals surface area contributed by atoms with E-state index in [1.165, 1.54) is 0 Å². The molecule has 1 aliphatic carbocycles. The summed E-state index contributed by atoms with van der Waals surface area (Å²) in [6, 6.07) is 0. The summed E-state index contributed by atoms with van der Waals surface area (Å²) in [5.74, 6) is -2.92. The van der Waals surface area contributed by atoms with Crippen LogP contribution in [0.2, 0.25) is 0 Å². The van der Waals surface area contributed by atoms with Gasteiger partial charge in [0.25, 0.3) is 5.92 Å². The first kappa shape index (κ1) is 6.68. The Balaban J connectivity index is 2.73. The van der Waals surface area contributed by atoms with E-state index in [9.17, 15) is 8.78 Å². The molecule has 1 unspecified atom stereocenters. The smallest absolute Gasteiger partial charge is 0.277 e. The Kier molecular flexibility index (Phi) is 1.31. The Morgan fingerprint density at radius 3 is 2.33 bits per heavy atom. The molecule has 0 saturated heterocycles. The van der Waals surface area contributed by atoms with Gasteiger partial charge in [-0.15, -0.1) is 0 Å². The fraction of sp³-hybridized carbons (Fsp3) is 0.667. The van der Waals surface area contributed by atoms with Gasteiger partial charge in [-0.3, -0.25) is 0 Å². The second-order valence-corrected chi connectivity index (χ2v) is 2.32. The zero-order valence-corrected chi connectivity index (χ0v) is 4.90. The lowest BCUT2D eigenvalue weighted by molar-refractivity contribution is -0.0747. The van der Waals surface area contributed by atoms with Gasteiger partial charge in [0.05, 0.1) is 0 Å². The minimum absolute atomic E-state index is 0.244. The molecule has 1 N–H and O–H groups in total. The van der Waals surface area contributed by atoms with Crippen molar-refractivity contribution in [1.82, 2.24) is 0 Å². The van der Waals surface area contributed by atoms with E-state index in [4.69, 9.17) is 5.11 Å². The highest BCUT2D eigenvalue weighted by Gasteiger charge is 2.44. The number of aliphatic hydroxyl groups excluding tert-OH is 1. The lowest BCUT2D eigenvalue weighted by Crippen LogP contribution is -2.27. The van der Waals surface area contributed by atoms with Gasteiger partial charge in [-0.25, -0.2) is 8.78 Å². The zero-order valence-electron chi connectivity index (χ0n) is 4.90. The Hall–Kier alpha value is -0.440.